The average Bonchev–Trinajstić information content (AvgIpc) is 3.06. The SMILES string of the molecule is N=C(N)NOS(=O)(=O)CC(=O)c1ccc(CO)c(-n2cccc2)c1. The van der Waals surface area contributed by atoms with Crippen LogP contribution in [0.25, 0.3) is 5.69 Å². The number of aliphatic hydroxyl groups excluding tert-OH is 1. The van der Waals surface area contributed by atoms with Crippen LogP contribution in [0.1, 0.15) is 15.9 Å². The molecule has 0 saturated heterocycles. The molecule has 0 radical (unpaired) electrons. The first-order valence-corrected chi connectivity index (χ1v) is 8.31. The lowest BCUT2D eigenvalue weighted by Crippen LogP contribution is -2.34. The number of nitrogens with two attached hydrogens (primary N) is 1. The number of aromatic nitrogens is 1. The Bertz CT molecular complexity index is 846. The van der Waals surface area contributed by atoms with Crippen LogP contribution < -0.4 is 11.2 Å². The number of carbonyl (C=O) groups excluding carboxylic acids is 1. The lowest BCUT2D eigenvalue weighted by atomic mass is 10.1. The molecule has 2 aromatic rings. The van der Waals surface area contributed by atoms with Crippen molar-refractivity contribution in [1.29, 1.82) is 5.41 Å². The highest BCUT2D eigenvalue weighted by molar-refractivity contribution is 7.87. The molecule has 9 nitrogen and oxygen atoms in total. The number of hydrogen-bond donors (Lipinski definition) is 4. The maximum atomic E-state index is 12.2. The number of hydrogen-bond acceptors (Lipinski definition) is 6. The van der Waals surface area contributed by atoms with Crippen LogP contribution in [0, 0.1) is 5.41 Å². The number of hydroxylamine groups is 1. The number of aliphatic hydroxyl groups is 1. The van der Waals surface area contributed by atoms with E-state index in [9.17, 15) is 18.3 Å². The standard InChI is InChI=1S/C14H16N4O5S/c15-14(16)17-23-24(21,22)9-13(20)10-3-4-11(8-19)12(7-10)18-5-1-2-6-18/h1-7,19H,8-9H2,(H4,15,16,17). The molecule has 1 heterocycles. The summed E-state index contributed by atoms with van der Waals surface area (Å²) < 4.78 is 29.2. The van der Waals surface area contributed by atoms with Gasteiger partial charge < -0.3 is 15.4 Å². The third-order valence-corrected chi connectivity index (χ3v) is 4.00. The van der Waals surface area contributed by atoms with E-state index in [1.165, 1.54) is 12.1 Å². The second kappa shape index (κ2) is 7.25. The summed E-state index contributed by atoms with van der Waals surface area (Å²) in [6, 6.07) is 8.02. The van der Waals surface area contributed by atoms with Gasteiger partial charge in [0.2, 0.25) is 5.96 Å². The van der Waals surface area contributed by atoms with Gasteiger partial charge in [-0.3, -0.25) is 10.2 Å². The van der Waals surface area contributed by atoms with Crippen molar-refractivity contribution in [1.82, 2.24) is 10.0 Å². The first kappa shape index (κ1) is 17.7. The molecule has 10 heteroatoms. The number of benzene rings is 1. The van der Waals surface area contributed by atoms with Crippen LogP contribution in [0.5, 0.6) is 0 Å². The van der Waals surface area contributed by atoms with Gasteiger partial charge in [0.25, 0.3) is 10.1 Å². The van der Waals surface area contributed by atoms with Gasteiger partial charge in [-0.05, 0) is 18.2 Å². The monoisotopic (exact) mass is 352 g/mol. The Hall–Kier alpha value is -2.69. The van der Waals surface area contributed by atoms with Gasteiger partial charge in [0, 0.05) is 23.5 Å². The van der Waals surface area contributed by atoms with Crippen LogP contribution in [0.4, 0.5) is 0 Å². The maximum absolute atomic E-state index is 12.2. The fraction of sp³-hybridized carbons (Fsp3) is 0.143. The van der Waals surface area contributed by atoms with Crippen LogP contribution in [-0.2, 0) is 21.0 Å². The van der Waals surface area contributed by atoms with Gasteiger partial charge in [-0.25, -0.2) is 5.48 Å². The lowest BCUT2D eigenvalue weighted by Gasteiger charge is -2.11. The van der Waals surface area contributed by atoms with E-state index in [-0.39, 0.29) is 12.2 Å². The molecule has 0 fully saturated rings. The minimum atomic E-state index is -4.24. The second-order valence-electron chi connectivity index (χ2n) is 4.82. The molecular formula is C14H16N4O5S. The van der Waals surface area contributed by atoms with Gasteiger partial charge in [0.1, 0.15) is 5.75 Å². The minimum Gasteiger partial charge on any atom is -0.392 e. The molecule has 1 aromatic heterocycles. The van der Waals surface area contributed by atoms with Gasteiger partial charge in [-0.15, -0.1) is 4.28 Å². The maximum Gasteiger partial charge on any atom is 0.295 e. The van der Waals surface area contributed by atoms with Crippen molar-refractivity contribution in [3.8, 4) is 5.69 Å². The quantitative estimate of drug-likeness (QED) is 0.235. The summed E-state index contributed by atoms with van der Waals surface area (Å²) in [7, 11) is -4.24. The van der Waals surface area contributed by atoms with Gasteiger partial charge in [0.05, 0.1) is 12.3 Å². The zero-order chi connectivity index (χ0) is 17.7. The molecule has 0 unspecified atom stereocenters. The molecule has 0 aliphatic heterocycles. The van der Waals surface area contributed by atoms with Crippen molar-refractivity contribution in [2.24, 2.45) is 5.73 Å². The van der Waals surface area contributed by atoms with E-state index in [1.807, 2.05) is 0 Å². The van der Waals surface area contributed by atoms with Crippen molar-refractivity contribution in [3.05, 3.63) is 53.9 Å². The van der Waals surface area contributed by atoms with Crippen molar-refractivity contribution in [2.45, 2.75) is 6.61 Å². The lowest BCUT2D eigenvalue weighted by molar-refractivity contribution is 0.101. The minimum absolute atomic E-state index is 0.144. The summed E-state index contributed by atoms with van der Waals surface area (Å²) in [6.07, 6.45) is 3.47. The van der Waals surface area contributed by atoms with Crippen LogP contribution in [0.2, 0.25) is 0 Å². The number of rotatable bonds is 7. The molecule has 1 aromatic carbocycles. The second-order valence-corrected chi connectivity index (χ2v) is 6.39. The number of ketones is 1. The van der Waals surface area contributed by atoms with Crippen molar-refractivity contribution >= 4 is 21.9 Å². The van der Waals surface area contributed by atoms with E-state index < -0.39 is 27.6 Å². The van der Waals surface area contributed by atoms with Crippen LogP contribution in [0.3, 0.4) is 0 Å². The first-order chi connectivity index (χ1) is 11.3. The molecule has 0 spiro atoms. The van der Waals surface area contributed by atoms with Crippen molar-refractivity contribution in [3.63, 3.8) is 0 Å². The number of carbonyl (C=O) groups is 1. The van der Waals surface area contributed by atoms with Gasteiger partial charge >= 0.3 is 0 Å². The largest absolute Gasteiger partial charge is 0.392 e. The van der Waals surface area contributed by atoms with E-state index in [2.05, 4.69) is 4.28 Å². The van der Waals surface area contributed by atoms with Crippen LogP contribution in [-0.4, -0.2) is 35.6 Å². The summed E-state index contributed by atoms with van der Waals surface area (Å²) in [6.45, 7) is -0.230. The molecule has 0 aliphatic carbocycles. The molecule has 5 N–H and O–H groups in total. The topological polar surface area (TPSA) is 148 Å². The zero-order valence-electron chi connectivity index (χ0n) is 12.5. The smallest absolute Gasteiger partial charge is 0.295 e. The molecule has 128 valence electrons. The Labute approximate surface area is 138 Å². The molecule has 0 amide bonds. The molecule has 2 rings (SSSR count). The number of nitrogens with one attached hydrogen (secondary N) is 2. The average molecular weight is 352 g/mol. The summed E-state index contributed by atoms with van der Waals surface area (Å²) in [5, 5.41) is 16.2. The molecule has 0 atom stereocenters. The third kappa shape index (κ3) is 4.41. The zero-order valence-corrected chi connectivity index (χ0v) is 13.3. The highest BCUT2D eigenvalue weighted by Crippen LogP contribution is 2.18. The van der Waals surface area contributed by atoms with Gasteiger partial charge in [0.15, 0.2) is 5.78 Å². The molecule has 0 bridgehead atoms. The normalized spacial score (nSPS) is 11.2. The Morgan fingerprint density at radius 1 is 1.33 bits per heavy atom. The Morgan fingerprint density at radius 3 is 2.58 bits per heavy atom. The summed E-state index contributed by atoms with van der Waals surface area (Å²) in [4.78, 5) is 12.2. The first-order valence-electron chi connectivity index (χ1n) is 6.74. The Balaban J connectivity index is 2.24. The van der Waals surface area contributed by atoms with Crippen LogP contribution >= 0.6 is 0 Å². The van der Waals surface area contributed by atoms with Crippen LogP contribution in [0.15, 0.2) is 42.7 Å². The van der Waals surface area contributed by atoms with E-state index >= 15 is 0 Å². The molecule has 0 aliphatic rings. The molecule has 0 saturated carbocycles. The fourth-order valence-electron chi connectivity index (χ4n) is 1.99. The molecule has 24 heavy (non-hydrogen) atoms. The predicted octanol–water partition coefficient (Wildman–Crippen LogP) is -0.103. The predicted molar refractivity (Wildman–Crippen MR) is 85.9 cm³/mol. The highest BCUT2D eigenvalue weighted by atomic mass is 32.2. The van der Waals surface area contributed by atoms with E-state index in [0.717, 1.165) is 0 Å². The Morgan fingerprint density at radius 2 is 2.00 bits per heavy atom. The van der Waals surface area contributed by atoms with Crippen molar-refractivity contribution in [2.75, 3.05) is 5.75 Å². The number of guanidine groups is 1. The van der Waals surface area contributed by atoms with E-state index in [0.29, 0.717) is 11.3 Å². The van der Waals surface area contributed by atoms with Gasteiger partial charge in [-0.2, -0.15) is 8.42 Å². The third-order valence-electron chi connectivity index (χ3n) is 3.05. The van der Waals surface area contributed by atoms with Crippen molar-refractivity contribution < 1.29 is 22.6 Å². The summed E-state index contributed by atoms with van der Waals surface area (Å²) in [5.74, 6) is -2.32. The van der Waals surface area contributed by atoms with Gasteiger partial charge in [-0.1, -0.05) is 12.1 Å². The summed E-state index contributed by atoms with van der Waals surface area (Å²) in [5.41, 5.74) is 7.89. The fourth-order valence-corrected chi connectivity index (χ4v) is 2.75. The number of nitrogens with zero attached hydrogens (tertiary/aromatic N) is 1. The van der Waals surface area contributed by atoms with E-state index in [1.54, 1.807) is 40.6 Å². The Kier molecular flexibility index (Phi) is 5.34. The molecular weight excluding hydrogens is 336 g/mol. The highest BCUT2D eigenvalue weighted by Gasteiger charge is 2.20. The number of Topliss-reactive ketones (excluding diaryl/α,β-unsaturated/α-hetero) is 1. The van der Waals surface area contributed by atoms with E-state index in [4.69, 9.17) is 11.1 Å². The summed E-state index contributed by atoms with van der Waals surface area (Å²) >= 11 is 0.